The minimum Gasteiger partial charge on any atom is -0.454 e. The average molecular weight is 690 g/mol. The number of hydrogen-bond acceptors (Lipinski definition) is 2. The Kier molecular flexibility index (Phi) is 7.85. The zero-order valence-electron chi connectivity index (χ0n) is 29.6. The molecular formula is C52H35NO. The van der Waals surface area contributed by atoms with Crippen molar-refractivity contribution in [1.82, 2.24) is 0 Å². The van der Waals surface area contributed by atoms with Crippen molar-refractivity contribution >= 4 is 49.8 Å². The van der Waals surface area contributed by atoms with Crippen LogP contribution in [-0.4, -0.2) is 0 Å². The largest absolute Gasteiger partial charge is 0.454 e. The maximum atomic E-state index is 6.72. The Morgan fingerprint density at radius 3 is 1.65 bits per heavy atom. The van der Waals surface area contributed by atoms with Gasteiger partial charge in [-0.2, -0.15) is 0 Å². The predicted octanol–water partition coefficient (Wildman–Crippen LogP) is 14.9. The molecule has 10 rings (SSSR count). The molecule has 0 spiro atoms. The van der Waals surface area contributed by atoms with Gasteiger partial charge in [-0.25, -0.2) is 0 Å². The molecule has 0 aliphatic carbocycles. The molecule has 0 aliphatic heterocycles. The second-order valence-corrected chi connectivity index (χ2v) is 13.7. The van der Waals surface area contributed by atoms with E-state index in [-0.39, 0.29) is 0 Å². The van der Waals surface area contributed by atoms with Crippen LogP contribution in [-0.2, 0) is 0 Å². The Hall–Kier alpha value is -7.16. The summed E-state index contributed by atoms with van der Waals surface area (Å²) in [6, 6.07) is 75.8. The van der Waals surface area contributed by atoms with Crippen LogP contribution in [0.25, 0.3) is 77.2 Å². The van der Waals surface area contributed by atoms with Crippen LogP contribution in [0.5, 0.6) is 0 Å². The topological polar surface area (TPSA) is 16.4 Å². The summed E-state index contributed by atoms with van der Waals surface area (Å²) in [5.41, 5.74) is 14.2. The first-order chi connectivity index (χ1) is 26.8. The second kappa shape index (κ2) is 13.4. The molecule has 0 aliphatic rings. The summed E-state index contributed by atoms with van der Waals surface area (Å²) in [6.07, 6.45) is 0. The molecule has 254 valence electrons. The number of para-hydroxylation sites is 3. The van der Waals surface area contributed by atoms with Gasteiger partial charge in [-0.05, 0) is 80.0 Å². The molecule has 0 radical (unpaired) electrons. The van der Waals surface area contributed by atoms with Gasteiger partial charge in [-0.15, -0.1) is 0 Å². The van der Waals surface area contributed by atoms with Gasteiger partial charge in [0.2, 0.25) is 0 Å². The molecule has 9 aromatic carbocycles. The van der Waals surface area contributed by atoms with Gasteiger partial charge in [0.1, 0.15) is 5.58 Å². The zero-order chi connectivity index (χ0) is 35.8. The Labute approximate surface area is 314 Å². The highest BCUT2D eigenvalue weighted by molar-refractivity contribution is 6.11. The third-order valence-electron chi connectivity index (χ3n) is 10.5. The fraction of sp³-hybridized carbons (Fsp3) is 0. The van der Waals surface area contributed by atoms with E-state index in [4.69, 9.17) is 4.42 Å². The first-order valence-electron chi connectivity index (χ1n) is 18.4. The number of fused-ring (bicyclic) bond motifs is 4. The number of benzene rings is 9. The van der Waals surface area contributed by atoms with Crippen molar-refractivity contribution in [3.05, 3.63) is 212 Å². The molecule has 2 heteroatoms. The van der Waals surface area contributed by atoms with E-state index in [1.165, 1.54) is 33.0 Å². The van der Waals surface area contributed by atoms with Gasteiger partial charge >= 0.3 is 0 Å². The summed E-state index contributed by atoms with van der Waals surface area (Å²) in [7, 11) is 0. The zero-order valence-corrected chi connectivity index (χ0v) is 29.6. The highest BCUT2D eigenvalue weighted by atomic mass is 16.3. The molecule has 0 unspecified atom stereocenters. The average Bonchev–Trinajstić information content (AvgIpc) is 3.64. The van der Waals surface area contributed by atoms with Crippen molar-refractivity contribution in [2.75, 3.05) is 4.90 Å². The van der Waals surface area contributed by atoms with Gasteiger partial charge in [0, 0.05) is 22.0 Å². The molecule has 0 fully saturated rings. The molecule has 0 atom stereocenters. The van der Waals surface area contributed by atoms with Crippen LogP contribution < -0.4 is 4.90 Å². The summed E-state index contributed by atoms with van der Waals surface area (Å²) in [6.45, 7) is 0. The van der Waals surface area contributed by atoms with Gasteiger partial charge in [0.25, 0.3) is 0 Å². The molecule has 0 bridgehead atoms. The summed E-state index contributed by atoms with van der Waals surface area (Å²) < 4.78 is 6.72. The van der Waals surface area contributed by atoms with Crippen LogP contribution in [0.1, 0.15) is 0 Å². The van der Waals surface area contributed by atoms with Gasteiger partial charge in [0.05, 0.1) is 11.4 Å². The van der Waals surface area contributed by atoms with E-state index < -0.39 is 0 Å². The van der Waals surface area contributed by atoms with E-state index in [1.807, 2.05) is 6.07 Å². The maximum Gasteiger partial charge on any atom is 0.159 e. The van der Waals surface area contributed by atoms with Crippen molar-refractivity contribution in [3.8, 4) is 44.5 Å². The van der Waals surface area contributed by atoms with Gasteiger partial charge in [0.15, 0.2) is 5.58 Å². The minimum absolute atomic E-state index is 0.855. The number of furan rings is 1. The Bertz CT molecular complexity index is 2920. The molecule has 54 heavy (non-hydrogen) atoms. The SMILES string of the molecule is c1ccc(-c2ccc(N(c3ccccc3-c3ccc(-c4cccc5ccccc45)cc3)c3cccc4c3oc3ccccc34)cc2-c2ccccc2)cc1. The van der Waals surface area contributed by atoms with Crippen molar-refractivity contribution in [2.45, 2.75) is 0 Å². The number of hydrogen-bond donors (Lipinski definition) is 0. The Morgan fingerprint density at radius 1 is 0.315 bits per heavy atom. The third kappa shape index (κ3) is 5.53. The predicted molar refractivity (Wildman–Crippen MR) is 228 cm³/mol. The number of anilines is 3. The van der Waals surface area contributed by atoms with Crippen LogP contribution in [0.15, 0.2) is 217 Å². The fourth-order valence-electron chi connectivity index (χ4n) is 7.93. The summed E-state index contributed by atoms with van der Waals surface area (Å²) in [4.78, 5) is 2.37. The van der Waals surface area contributed by atoms with Crippen LogP contribution in [0.3, 0.4) is 0 Å². The lowest BCUT2D eigenvalue weighted by Crippen LogP contribution is -2.12. The summed E-state index contributed by atoms with van der Waals surface area (Å²) in [5, 5.41) is 4.70. The van der Waals surface area contributed by atoms with E-state index in [9.17, 15) is 0 Å². The van der Waals surface area contributed by atoms with Crippen LogP contribution in [0.4, 0.5) is 17.1 Å². The van der Waals surface area contributed by atoms with Gasteiger partial charge in [-0.3, -0.25) is 0 Å². The molecule has 1 aromatic heterocycles. The monoisotopic (exact) mass is 689 g/mol. The standard InChI is InChI=1S/C52H35NO/c1-3-15-36(16-4-1)44-34-33-41(35-48(44)38-17-5-2-6-18-38)53(50-27-14-25-47-46-23-10-12-28-51(46)54-52(47)50)49-26-11-9-22-45(49)40-31-29-39(30-32-40)43-24-13-20-37-19-7-8-21-42(37)43/h1-35H. The highest BCUT2D eigenvalue weighted by Crippen LogP contribution is 2.47. The van der Waals surface area contributed by atoms with Crippen molar-refractivity contribution in [1.29, 1.82) is 0 Å². The van der Waals surface area contributed by atoms with Crippen molar-refractivity contribution in [2.24, 2.45) is 0 Å². The lowest BCUT2D eigenvalue weighted by molar-refractivity contribution is 0.669. The second-order valence-electron chi connectivity index (χ2n) is 13.7. The molecule has 0 amide bonds. The van der Waals surface area contributed by atoms with E-state index in [0.717, 1.165) is 61.3 Å². The van der Waals surface area contributed by atoms with Crippen LogP contribution in [0, 0.1) is 0 Å². The molecule has 10 aromatic rings. The summed E-state index contributed by atoms with van der Waals surface area (Å²) >= 11 is 0. The smallest absolute Gasteiger partial charge is 0.159 e. The Morgan fingerprint density at radius 2 is 0.852 bits per heavy atom. The van der Waals surface area contributed by atoms with E-state index >= 15 is 0 Å². The third-order valence-corrected chi connectivity index (χ3v) is 10.5. The first-order valence-corrected chi connectivity index (χ1v) is 18.4. The minimum atomic E-state index is 0.855. The maximum absolute atomic E-state index is 6.72. The molecule has 0 saturated carbocycles. The fourth-order valence-corrected chi connectivity index (χ4v) is 7.93. The van der Waals surface area contributed by atoms with E-state index in [0.29, 0.717) is 0 Å². The number of rotatable bonds is 7. The lowest BCUT2D eigenvalue weighted by atomic mass is 9.93. The molecule has 2 nitrogen and oxygen atoms in total. The highest BCUT2D eigenvalue weighted by Gasteiger charge is 2.23. The Balaban J connectivity index is 1.19. The quantitative estimate of drug-likeness (QED) is 0.166. The number of nitrogens with zero attached hydrogens (tertiary/aromatic N) is 1. The van der Waals surface area contributed by atoms with Gasteiger partial charge in [-0.1, -0.05) is 182 Å². The molecule has 0 saturated heterocycles. The molecule has 0 N–H and O–H groups in total. The van der Waals surface area contributed by atoms with E-state index in [2.05, 4.69) is 211 Å². The van der Waals surface area contributed by atoms with Crippen LogP contribution in [0.2, 0.25) is 0 Å². The molecular weight excluding hydrogens is 655 g/mol. The van der Waals surface area contributed by atoms with Crippen molar-refractivity contribution in [3.63, 3.8) is 0 Å². The van der Waals surface area contributed by atoms with Crippen molar-refractivity contribution < 1.29 is 4.42 Å². The van der Waals surface area contributed by atoms with E-state index in [1.54, 1.807) is 0 Å². The normalized spacial score (nSPS) is 11.3. The van der Waals surface area contributed by atoms with Gasteiger partial charge < -0.3 is 9.32 Å². The lowest BCUT2D eigenvalue weighted by Gasteiger charge is -2.29. The first kappa shape index (κ1) is 31.6. The summed E-state index contributed by atoms with van der Waals surface area (Å²) in [5.74, 6) is 0. The van der Waals surface area contributed by atoms with Crippen LogP contribution >= 0.6 is 0 Å². The molecule has 1 heterocycles.